The smallest absolute Gasteiger partial charge is 0.307 e. The van der Waals surface area contributed by atoms with E-state index in [1.54, 1.807) is 30.1 Å². The molecular weight excluding hydrogens is 365 g/mol. The van der Waals surface area contributed by atoms with Crippen LogP contribution in [0.2, 0.25) is 0 Å². The minimum atomic E-state index is -0.815. The van der Waals surface area contributed by atoms with Crippen molar-refractivity contribution in [3.8, 4) is 5.75 Å². The Kier molecular flexibility index (Phi) is 5.34. The molecular formula is C21H22FNO3S. The van der Waals surface area contributed by atoms with Crippen molar-refractivity contribution in [3.63, 3.8) is 0 Å². The van der Waals surface area contributed by atoms with E-state index >= 15 is 0 Å². The van der Waals surface area contributed by atoms with Crippen molar-refractivity contribution in [2.24, 2.45) is 5.92 Å². The first-order valence-electron chi connectivity index (χ1n) is 9.37. The molecule has 6 heteroatoms. The number of nitrogens with zero attached hydrogens (tertiary/aromatic N) is 1. The number of hydrogen-bond acceptors (Lipinski definition) is 4. The Labute approximate surface area is 162 Å². The molecule has 4 nitrogen and oxygen atoms in total. The fourth-order valence-corrected chi connectivity index (χ4v) is 4.95. The van der Waals surface area contributed by atoms with E-state index in [1.807, 2.05) is 12.1 Å². The Bertz CT molecular complexity index is 838. The quantitative estimate of drug-likeness (QED) is 0.723. The maximum absolute atomic E-state index is 14.4. The van der Waals surface area contributed by atoms with Gasteiger partial charge in [0.05, 0.1) is 5.92 Å². The number of benzene rings is 1. The van der Waals surface area contributed by atoms with Crippen LogP contribution in [0.4, 0.5) is 4.39 Å². The fourth-order valence-electron chi connectivity index (χ4n) is 3.66. The van der Waals surface area contributed by atoms with E-state index in [4.69, 9.17) is 9.84 Å². The zero-order valence-electron chi connectivity index (χ0n) is 14.9. The van der Waals surface area contributed by atoms with Crippen molar-refractivity contribution in [2.45, 2.75) is 54.9 Å². The lowest BCUT2D eigenvalue weighted by atomic mass is 10.1. The van der Waals surface area contributed by atoms with Gasteiger partial charge in [0.25, 0.3) is 0 Å². The van der Waals surface area contributed by atoms with Gasteiger partial charge in [0.1, 0.15) is 11.6 Å². The zero-order valence-corrected chi connectivity index (χ0v) is 15.8. The van der Waals surface area contributed by atoms with Gasteiger partial charge in [0.15, 0.2) is 11.6 Å². The molecule has 0 amide bonds. The minimum absolute atomic E-state index is 0.0845. The van der Waals surface area contributed by atoms with Gasteiger partial charge >= 0.3 is 5.97 Å². The molecule has 2 fully saturated rings. The molecule has 0 spiro atoms. The highest BCUT2D eigenvalue weighted by Crippen LogP contribution is 2.48. The van der Waals surface area contributed by atoms with Gasteiger partial charge in [-0.15, -0.1) is 11.8 Å². The summed E-state index contributed by atoms with van der Waals surface area (Å²) in [4.78, 5) is 15.5. The van der Waals surface area contributed by atoms with Crippen molar-refractivity contribution in [3.05, 3.63) is 53.5 Å². The number of pyridine rings is 1. The highest BCUT2D eigenvalue weighted by molar-refractivity contribution is 7.99. The second-order valence-electron chi connectivity index (χ2n) is 7.26. The summed E-state index contributed by atoms with van der Waals surface area (Å²) >= 11 is 1.79. The number of thioether (sulfide) groups is 1. The third-order valence-electron chi connectivity index (χ3n) is 5.31. The van der Waals surface area contributed by atoms with Gasteiger partial charge in [-0.1, -0.05) is 25.0 Å². The fraction of sp³-hybridized carbons (Fsp3) is 0.429. The Morgan fingerprint density at radius 1 is 1.30 bits per heavy atom. The second-order valence-corrected chi connectivity index (χ2v) is 8.55. The minimum Gasteiger partial charge on any atom is -0.486 e. The van der Waals surface area contributed by atoms with Crippen molar-refractivity contribution in [2.75, 3.05) is 0 Å². The van der Waals surface area contributed by atoms with E-state index < -0.39 is 11.8 Å². The summed E-state index contributed by atoms with van der Waals surface area (Å²) in [7, 11) is 0. The normalized spacial score (nSPS) is 22.0. The molecule has 2 atom stereocenters. The molecule has 142 valence electrons. The number of halogens is 1. The zero-order chi connectivity index (χ0) is 18.8. The van der Waals surface area contributed by atoms with Crippen LogP contribution in [-0.4, -0.2) is 21.3 Å². The van der Waals surface area contributed by atoms with Crippen LogP contribution in [0.25, 0.3) is 0 Å². The van der Waals surface area contributed by atoms with Crippen LogP contribution < -0.4 is 4.74 Å². The molecule has 0 bridgehead atoms. The van der Waals surface area contributed by atoms with E-state index in [1.165, 1.54) is 31.7 Å². The van der Waals surface area contributed by atoms with Crippen LogP contribution in [0, 0.1) is 11.7 Å². The number of carboxylic acid groups (broad SMARTS) is 1. The van der Waals surface area contributed by atoms with Crippen molar-refractivity contribution in [1.82, 2.24) is 4.98 Å². The largest absolute Gasteiger partial charge is 0.486 e. The third kappa shape index (κ3) is 4.26. The van der Waals surface area contributed by atoms with Crippen molar-refractivity contribution in [1.29, 1.82) is 0 Å². The number of carboxylic acids is 1. The Morgan fingerprint density at radius 3 is 2.81 bits per heavy atom. The van der Waals surface area contributed by atoms with Crippen LogP contribution in [0.3, 0.4) is 0 Å². The molecule has 1 heterocycles. The standard InChI is InChI=1S/C21H22FNO3S/c22-18-10-13(16-11-17(16)21(24)25)7-8-19(18)26-12-14-4-3-9-23-20(14)27-15-5-1-2-6-15/h3-4,7-10,15-17H,1-2,5-6,11-12H2,(H,24,25). The maximum atomic E-state index is 14.4. The van der Waals surface area contributed by atoms with Gasteiger partial charge in [0.2, 0.25) is 0 Å². The van der Waals surface area contributed by atoms with E-state index in [9.17, 15) is 9.18 Å². The Balaban J connectivity index is 1.41. The van der Waals surface area contributed by atoms with E-state index in [0.717, 1.165) is 16.2 Å². The summed E-state index contributed by atoms with van der Waals surface area (Å²) in [6, 6.07) is 8.61. The van der Waals surface area contributed by atoms with Gasteiger partial charge < -0.3 is 9.84 Å². The van der Waals surface area contributed by atoms with Crippen LogP contribution in [0.1, 0.15) is 49.1 Å². The predicted molar refractivity (Wildman–Crippen MR) is 102 cm³/mol. The monoisotopic (exact) mass is 387 g/mol. The van der Waals surface area contributed by atoms with Crippen LogP contribution in [-0.2, 0) is 11.4 Å². The maximum Gasteiger partial charge on any atom is 0.307 e. The predicted octanol–water partition coefficient (Wildman–Crippen LogP) is 5.02. The van der Waals surface area contributed by atoms with Gasteiger partial charge in [0, 0.05) is 17.0 Å². The molecule has 2 saturated carbocycles. The molecule has 1 N–H and O–H groups in total. The summed E-state index contributed by atoms with van der Waals surface area (Å²) in [5.74, 6) is -1.55. The number of ether oxygens (including phenoxy) is 1. The molecule has 2 aromatic rings. The van der Waals surface area contributed by atoms with E-state index in [0.29, 0.717) is 11.7 Å². The van der Waals surface area contributed by atoms with Gasteiger partial charge in [-0.05, 0) is 48.9 Å². The molecule has 0 radical (unpaired) electrons. The van der Waals surface area contributed by atoms with Gasteiger partial charge in [-0.2, -0.15) is 0 Å². The highest BCUT2D eigenvalue weighted by Gasteiger charge is 2.44. The lowest BCUT2D eigenvalue weighted by molar-refractivity contribution is -0.138. The van der Waals surface area contributed by atoms with Crippen LogP contribution in [0.5, 0.6) is 5.75 Å². The summed E-state index contributed by atoms with van der Waals surface area (Å²) in [5, 5.41) is 10.6. The average molecular weight is 387 g/mol. The molecule has 1 aromatic heterocycles. The van der Waals surface area contributed by atoms with Crippen molar-refractivity contribution >= 4 is 17.7 Å². The molecule has 1 aromatic carbocycles. The number of aromatic nitrogens is 1. The number of aliphatic carboxylic acids is 1. The molecule has 4 rings (SSSR count). The van der Waals surface area contributed by atoms with E-state index in [-0.39, 0.29) is 24.2 Å². The van der Waals surface area contributed by atoms with Crippen molar-refractivity contribution < 1.29 is 19.0 Å². The average Bonchev–Trinajstić information content (AvgIpc) is 3.31. The summed E-state index contributed by atoms with van der Waals surface area (Å²) in [6.45, 7) is 0.264. The van der Waals surface area contributed by atoms with Crippen LogP contribution in [0.15, 0.2) is 41.6 Å². The molecule has 27 heavy (non-hydrogen) atoms. The first-order chi connectivity index (χ1) is 13.1. The van der Waals surface area contributed by atoms with E-state index in [2.05, 4.69) is 4.98 Å². The third-order valence-corrected chi connectivity index (χ3v) is 6.70. The summed E-state index contributed by atoms with van der Waals surface area (Å²) in [6.07, 6.45) is 7.35. The molecule has 2 unspecified atom stereocenters. The molecule has 0 saturated heterocycles. The lowest BCUT2D eigenvalue weighted by Crippen LogP contribution is -2.03. The Morgan fingerprint density at radius 2 is 2.11 bits per heavy atom. The summed E-state index contributed by atoms with van der Waals surface area (Å²) in [5.41, 5.74) is 1.69. The first-order valence-corrected chi connectivity index (χ1v) is 10.3. The topological polar surface area (TPSA) is 59.4 Å². The molecule has 2 aliphatic rings. The SMILES string of the molecule is O=C(O)C1CC1c1ccc(OCc2cccnc2SC2CCCC2)c(F)c1. The second kappa shape index (κ2) is 7.89. The highest BCUT2D eigenvalue weighted by atomic mass is 32.2. The Hall–Kier alpha value is -2.08. The number of carbonyl (C=O) groups is 1. The number of hydrogen-bond donors (Lipinski definition) is 1. The lowest BCUT2D eigenvalue weighted by Gasteiger charge is -2.13. The van der Waals surface area contributed by atoms with Gasteiger partial charge in [-0.3, -0.25) is 4.79 Å². The summed E-state index contributed by atoms with van der Waals surface area (Å²) < 4.78 is 20.1. The number of rotatable bonds is 7. The molecule has 2 aliphatic carbocycles. The molecule has 0 aliphatic heterocycles. The van der Waals surface area contributed by atoms with Gasteiger partial charge in [-0.25, -0.2) is 9.37 Å². The first kappa shape index (κ1) is 18.3. The van der Waals surface area contributed by atoms with Crippen LogP contribution >= 0.6 is 11.8 Å².